The molecular weight excluding hydrogens is 368 g/mol. The van der Waals surface area contributed by atoms with Crippen LogP contribution in [0.2, 0.25) is 0 Å². The number of nitrogens with zero attached hydrogens (tertiary/aromatic N) is 5. The zero-order valence-electron chi connectivity index (χ0n) is 16.7. The number of fused-ring (bicyclic) bond motifs is 1. The van der Waals surface area contributed by atoms with Crippen molar-refractivity contribution in [2.45, 2.75) is 45.6 Å². The van der Waals surface area contributed by atoms with Gasteiger partial charge in [0.1, 0.15) is 6.54 Å². The summed E-state index contributed by atoms with van der Waals surface area (Å²) in [6.45, 7) is 3.71. The number of nitrogens with one attached hydrogen (secondary N) is 1. The van der Waals surface area contributed by atoms with Gasteiger partial charge in [0.2, 0.25) is 11.6 Å². The van der Waals surface area contributed by atoms with E-state index in [1.807, 2.05) is 31.2 Å². The Balaban J connectivity index is 1.59. The first-order valence-electron chi connectivity index (χ1n) is 10.2. The standard InChI is InChI=1S/C21H26N6O2/c1-2-16-9-5-6-10-17(16)23-18(28)15-27-21(29)26-14-11-22-19(20(26)24-27)25-12-7-3-4-8-13-25/h5-6,9-11,14H,2-4,7-8,12-13,15H2,1H3,(H,23,28). The van der Waals surface area contributed by atoms with E-state index >= 15 is 0 Å². The molecule has 0 unspecified atom stereocenters. The summed E-state index contributed by atoms with van der Waals surface area (Å²) < 4.78 is 2.68. The Bertz CT molecular complexity index is 1060. The van der Waals surface area contributed by atoms with Crippen LogP contribution in [-0.2, 0) is 17.8 Å². The van der Waals surface area contributed by atoms with Crippen molar-refractivity contribution in [1.82, 2.24) is 19.2 Å². The number of anilines is 2. The number of hydrogen-bond donors (Lipinski definition) is 1. The van der Waals surface area contributed by atoms with Gasteiger partial charge in [-0.05, 0) is 30.9 Å². The smallest absolute Gasteiger partial charge is 0.350 e. The third kappa shape index (κ3) is 4.01. The summed E-state index contributed by atoms with van der Waals surface area (Å²) in [5.41, 5.74) is 1.98. The molecule has 8 nitrogen and oxygen atoms in total. The van der Waals surface area contributed by atoms with Gasteiger partial charge in [0.25, 0.3) is 0 Å². The summed E-state index contributed by atoms with van der Waals surface area (Å²) in [4.78, 5) is 32.0. The summed E-state index contributed by atoms with van der Waals surface area (Å²) in [6, 6.07) is 7.67. The van der Waals surface area contributed by atoms with E-state index in [-0.39, 0.29) is 18.1 Å². The van der Waals surface area contributed by atoms with E-state index in [0.29, 0.717) is 11.5 Å². The third-order valence-electron chi connectivity index (χ3n) is 5.35. The molecule has 152 valence electrons. The molecule has 0 spiro atoms. The molecule has 1 aliphatic rings. The monoisotopic (exact) mass is 394 g/mol. The van der Waals surface area contributed by atoms with Crippen molar-refractivity contribution in [3.8, 4) is 0 Å². The minimum Gasteiger partial charge on any atom is -0.353 e. The second-order valence-corrected chi connectivity index (χ2v) is 7.34. The molecule has 1 N–H and O–H groups in total. The lowest BCUT2D eigenvalue weighted by Crippen LogP contribution is -2.28. The maximum Gasteiger partial charge on any atom is 0.350 e. The first-order valence-corrected chi connectivity index (χ1v) is 10.2. The molecule has 0 bridgehead atoms. The second-order valence-electron chi connectivity index (χ2n) is 7.34. The molecular formula is C21H26N6O2. The highest BCUT2D eigenvalue weighted by molar-refractivity contribution is 5.91. The van der Waals surface area contributed by atoms with Gasteiger partial charge < -0.3 is 10.2 Å². The van der Waals surface area contributed by atoms with E-state index < -0.39 is 0 Å². The molecule has 4 rings (SSSR count). The zero-order chi connectivity index (χ0) is 20.2. The molecule has 0 aliphatic carbocycles. The minimum atomic E-state index is -0.336. The normalized spacial score (nSPS) is 14.7. The van der Waals surface area contributed by atoms with Crippen LogP contribution in [0.5, 0.6) is 0 Å². The molecule has 29 heavy (non-hydrogen) atoms. The van der Waals surface area contributed by atoms with Gasteiger partial charge in [-0.1, -0.05) is 38.0 Å². The van der Waals surface area contributed by atoms with Gasteiger partial charge in [0.15, 0.2) is 5.82 Å². The minimum absolute atomic E-state index is 0.141. The SMILES string of the molecule is CCc1ccccc1NC(=O)Cn1nc2c(N3CCCCCC3)nccn2c1=O. The fourth-order valence-corrected chi connectivity index (χ4v) is 3.82. The maximum atomic E-state index is 12.8. The van der Waals surface area contributed by atoms with Crippen molar-refractivity contribution in [3.05, 3.63) is 52.7 Å². The second kappa shape index (κ2) is 8.46. The van der Waals surface area contributed by atoms with Gasteiger partial charge in [-0.3, -0.25) is 4.79 Å². The third-order valence-corrected chi connectivity index (χ3v) is 5.35. The molecule has 2 aromatic heterocycles. The Hall–Kier alpha value is -3.16. The number of amides is 1. The van der Waals surface area contributed by atoms with Gasteiger partial charge in [-0.25, -0.2) is 18.9 Å². The Kier molecular flexibility index (Phi) is 5.59. The van der Waals surface area contributed by atoms with Crippen LogP contribution in [0.1, 0.15) is 38.2 Å². The number of carbonyl (C=O) groups excluding carboxylic acids is 1. The predicted molar refractivity (Wildman–Crippen MR) is 112 cm³/mol. The Morgan fingerprint density at radius 3 is 2.66 bits per heavy atom. The molecule has 3 heterocycles. The van der Waals surface area contributed by atoms with Gasteiger partial charge >= 0.3 is 5.69 Å². The van der Waals surface area contributed by atoms with E-state index in [2.05, 4.69) is 20.3 Å². The number of benzene rings is 1. The lowest BCUT2D eigenvalue weighted by molar-refractivity contribution is -0.117. The molecule has 1 amide bonds. The lowest BCUT2D eigenvalue weighted by Gasteiger charge is -2.20. The van der Waals surface area contributed by atoms with Crippen molar-refractivity contribution in [2.24, 2.45) is 0 Å². The van der Waals surface area contributed by atoms with E-state index in [9.17, 15) is 9.59 Å². The van der Waals surface area contributed by atoms with Crippen LogP contribution in [-0.4, -0.2) is 38.2 Å². The topological polar surface area (TPSA) is 84.5 Å². The number of rotatable bonds is 5. The van der Waals surface area contributed by atoms with Crippen LogP contribution in [0.15, 0.2) is 41.5 Å². The molecule has 1 aromatic carbocycles. The largest absolute Gasteiger partial charge is 0.353 e. The van der Waals surface area contributed by atoms with E-state index in [4.69, 9.17) is 0 Å². The Morgan fingerprint density at radius 2 is 1.90 bits per heavy atom. The summed E-state index contributed by atoms with van der Waals surface area (Å²) in [5.74, 6) is 0.433. The average molecular weight is 394 g/mol. The summed E-state index contributed by atoms with van der Waals surface area (Å²) in [6.07, 6.45) is 8.67. The number of hydrogen-bond acceptors (Lipinski definition) is 5. The van der Waals surface area contributed by atoms with Gasteiger partial charge in [0.05, 0.1) is 0 Å². The number of aromatic nitrogens is 4. The highest BCUT2D eigenvalue weighted by Crippen LogP contribution is 2.20. The fraction of sp³-hybridized carbons (Fsp3) is 0.429. The van der Waals surface area contributed by atoms with Crippen LogP contribution in [0.4, 0.5) is 11.5 Å². The van der Waals surface area contributed by atoms with Crippen LogP contribution >= 0.6 is 0 Å². The highest BCUT2D eigenvalue weighted by Gasteiger charge is 2.19. The van der Waals surface area contributed by atoms with Crippen molar-refractivity contribution >= 4 is 23.1 Å². The molecule has 1 fully saturated rings. The van der Waals surface area contributed by atoms with Gasteiger partial charge in [-0.2, -0.15) is 0 Å². The Labute approximate surface area is 169 Å². The summed E-state index contributed by atoms with van der Waals surface area (Å²) in [7, 11) is 0. The Morgan fingerprint density at radius 1 is 1.14 bits per heavy atom. The van der Waals surface area contributed by atoms with Crippen molar-refractivity contribution in [2.75, 3.05) is 23.3 Å². The van der Waals surface area contributed by atoms with Crippen LogP contribution < -0.4 is 15.9 Å². The summed E-state index contributed by atoms with van der Waals surface area (Å²) >= 11 is 0. The number of carbonyl (C=O) groups is 1. The van der Waals surface area contributed by atoms with Gasteiger partial charge in [0, 0.05) is 31.2 Å². The van der Waals surface area contributed by atoms with Crippen molar-refractivity contribution in [3.63, 3.8) is 0 Å². The van der Waals surface area contributed by atoms with Crippen LogP contribution in [0.3, 0.4) is 0 Å². The number of para-hydroxylation sites is 1. The fourth-order valence-electron chi connectivity index (χ4n) is 3.82. The van der Waals surface area contributed by atoms with E-state index in [1.165, 1.54) is 21.9 Å². The quantitative estimate of drug-likeness (QED) is 0.719. The highest BCUT2D eigenvalue weighted by atomic mass is 16.2. The molecule has 3 aromatic rings. The molecule has 0 radical (unpaired) electrons. The predicted octanol–water partition coefficient (Wildman–Crippen LogP) is 2.47. The summed E-state index contributed by atoms with van der Waals surface area (Å²) in [5, 5.41) is 7.34. The van der Waals surface area contributed by atoms with Gasteiger partial charge in [-0.15, -0.1) is 5.10 Å². The van der Waals surface area contributed by atoms with E-state index in [1.54, 1.807) is 12.4 Å². The molecule has 0 atom stereocenters. The maximum absolute atomic E-state index is 12.8. The average Bonchev–Trinajstić information content (AvgIpc) is 2.90. The molecule has 8 heteroatoms. The van der Waals surface area contributed by atoms with E-state index in [0.717, 1.165) is 43.6 Å². The first-order chi connectivity index (χ1) is 14.2. The number of aryl methyl sites for hydroxylation is 1. The molecule has 1 saturated heterocycles. The lowest BCUT2D eigenvalue weighted by atomic mass is 10.1. The first kappa shape index (κ1) is 19.2. The van der Waals surface area contributed by atoms with Crippen molar-refractivity contribution in [1.29, 1.82) is 0 Å². The van der Waals surface area contributed by atoms with Crippen molar-refractivity contribution < 1.29 is 4.79 Å². The van der Waals surface area contributed by atoms with Crippen LogP contribution in [0.25, 0.3) is 5.65 Å². The van der Waals surface area contributed by atoms with Crippen LogP contribution in [0, 0.1) is 0 Å². The molecule has 1 aliphatic heterocycles. The molecule has 0 saturated carbocycles. The zero-order valence-corrected chi connectivity index (χ0v) is 16.7.